The van der Waals surface area contributed by atoms with Crippen molar-refractivity contribution in [3.63, 3.8) is 0 Å². The highest BCUT2D eigenvalue weighted by atomic mass is 16.4. The molecule has 0 aliphatic rings. The van der Waals surface area contributed by atoms with Crippen molar-refractivity contribution in [2.75, 3.05) is 0 Å². The summed E-state index contributed by atoms with van der Waals surface area (Å²) in [7, 11) is 0. The van der Waals surface area contributed by atoms with E-state index in [9.17, 15) is 0 Å². The van der Waals surface area contributed by atoms with E-state index in [4.69, 9.17) is 4.42 Å². The van der Waals surface area contributed by atoms with E-state index in [-0.39, 0.29) is 0 Å². The van der Waals surface area contributed by atoms with Crippen LogP contribution in [0, 0.1) is 13.8 Å². The topological polar surface area (TPSA) is 38.9 Å². The molecule has 84 valence electrons. The van der Waals surface area contributed by atoms with Gasteiger partial charge in [-0.2, -0.15) is 0 Å². The number of aromatic nitrogens is 2. The number of hydrogen-bond donors (Lipinski definition) is 0. The van der Waals surface area contributed by atoms with Crippen LogP contribution < -0.4 is 0 Å². The Hall–Kier alpha value is -2.16. The Labute approximate surface area is 99.1 Å². The molecule has 2 aromatic heterocycles. The predicted molar refractivity (Wildman–Crippen MR) is 66.7 cm³/mol. The van der Waals surface area contributed by atoms with Gasteiger partial charge in [-0.3, -0.25) is 0 Å². The molecule has 0 bridgehead atoms. The first-order chi connectivity index (χ1) is 8.24. The van der Waals surface area contributed by atoms with Crippen molar-refractivity contribution in [2.45, 2.75) is 13.8 Å². The maximum Gasteiger partial charge on any atom is 0.247 e. The van der Waals surface area contributed by atoms with E-state index in [1.54, 1.807) is 6.20 Å². The number of rotatable bonds is 1. The molecule has 3 rings (SSSR count). The second-order valence-electron chi connectivity index (χ2n) is 4.17. The van der Waals surface area contributed by atoms with Gasteiger partial charge in [-0.1, -0.05) is 17.7 Å². The van der Waals surface area contributed by atoms with Crippen molar-refractivity contribution in [1.82, 2.24) is 9.97 Å². The highest BCUT2D eigenvalue weighted by molar-refractivity contribution is 5.75. The lowest BCUT2D eigenvalue weighted by molar-refractivity contribution is 0.607. The first kappa shape index (κ1) is 10.0. The van der Waals surface area contributed by atoms with Crippen molar-refractivity contribution in [3.05, 3.63) is 47.7 Å². The van der Waals surface area contributed by atoms with Crippen LogP contribution in [0.4, 0.5) is 0 Å². The van der Waals surface area contributed by atoms with Crippen LogP contribution in [0.25, 0.3) is 22.7 Å². The largest absolute Gasteiger partial charge is 0.418 e. The van der Waals surface area contributed by atoms with E-state index in [0.717, 1.165) is 16.6 Å². The Bertz CT molecular complexity index is 686. The molecule has 0 unspecified atom stereocenters. The van der Waals surface area contributed by atoms with Gasteiger partial charge in [0.1, 0.15) is 5.52 Å². The number of benzene rings is 1. The maximum atomic E-state index is 5.67. The summed E-state index contributed by atoms with van der Waals surface area (Å²) in [4.78, 5) is 8.68. The molecule has 0 amide bonds. The second-order valence-corrected chi connectivity index (χ2v) is 4.17. The van der Waals surface area contributed by atoms with Crippen molar-refractivity contribution >= 4 is 11.2 Å². The van der Waals surface area contributed by atoms with Gasteiger partial charge in [-0.05, 0) is 37.6 Å². The lowest BCUT2D eigenvalue weighted by atomic mass is 10.1. The third kappa shape index (κ3) is 1.69. The molecule has 1 aromatic carbocycles. The molecule has 0 atom stereocenters. The lowest BCUT2D eigenvalue weighted by Crippen LogP contribution is -1.80. The Morgan fingerprint density at radius 2 is 2.00 bits per heavy atom. The number of hydrogen-bond acceptors (Lipinski definition) is 3. The van der Waals surface area contributed by atoms with Crippen molar-refractivity contribution in [3.8, 4) is 11.5 Å². The molecular weight excluding hydrogens is 212 g/mol. The SMILES string of the molecule is Cc1cccc(-c2nc3c(C)ccnc3o2)c1. The van der Waals surface area contributed by atoms with E-state index >= 15 is 0 Å². The first-order valence-corrected chi connectivity index (χ1v) is 5.53. The molecule has 0 aliphatic carbocycles. The minimum atomic E-state index is 0.599. The Kier molecular flexibility index (Phi) is 2.18. The molecule has 0 radical (unpaired) electrons. The van der Waals surface area contributed by atoms with Crippen LogP contribution in [0.5, 0.6) is 0 Å². The first-order valence-electron chi connectivity index (χ1n) is 5.53. The summed E-state index contributed by atoms with van der Waals surface area (Å²) in [5.74, 6) is 0.630. The lowest BCUT2D eigenvalue weighted by Gasteiger charge is -1.95. The molecule has 3 nitrogen and oxygen atoms in total. The molecule has 2 heterocycles. The average Bonchev–Trinajstić information content (AvgIpc) is 2.74. The zero-order valence-corrected chi connectivity index (χ0v) is 9.77. The van der Waals surface area contributed by atoms with E-state index in [2.05, 4.69) is 29.0 Å². The molecule has 3 heteroatoms. The Balaban J connectivity index is 2.22. The van der Waals surface area contributed by atoms with E-state index in [0.29, 0.717) is 11.6 Å². The third-order valence-corrected chi connectivity index (χ3v) is 2.76. The molecular formula is C14H12N2O. The average molecular weight is 224 g/mol. The van der Waals surface area contributed by atoms with Crippen molar-refractivity contribution in [2.24, 2.45) is 0 Å². The number of aryl methyl sites for hydroxylation is 2. The van der Waals surface area contributed by atoms with Gasteiger partial charge >= 0.3 is 0 Å². The summed E-state index contributed by atoms with van der Waals surface area (Å²) in [5.41, 5.74) is 4.69. The standard InChI is InChI=1S/C14H12N2O/c1-9-4-3-5-11(8-9)13-16-12-10(2)6-7-15-14(12)17-13/h3-8H,1-2H3. The van der Waals surface area contributed by atoms with Crippen LogP contribution in [0.2, 0.25) is 0 Å². The van der Waals surface area contributed by atoms with Gasteiger partial charge in [0.05, 0.1) is 0 Å². The smallest absolute Gasteiger partial charge is 0.247 e. The van der Waals surface area contributed by atoms with Gasteiger partial charge in [-0.15, -0.1) is 0 Å². The molecule has 0 spiro atoms. The Morgan fingerprint density at radius 1 is 1.12 bits per heavy atom. The zero-order valence-electron chi connectivity index (χ0n) is 9.77. The highest BCUT2D eigenvalue weighted by Crippen LogP contribution is 2.24. The van der Waals surface area contributed by atoms with Crippen molar-refractivity contribution in [1.29, 1.82) is 0 Å². The molecule has 0 N–H and O–H groups in total. The summed E-state index contributed by atoms with van der Waals surface area (Å²) in [5, 5.41) is 0. The van der Waals surface area contributed by atoms with Gasteiger partial charge < -0.3 is 4.42 Å². The molecule has 0 saturated carbocycles. The van der Waals surface area contributed by atoms with Crippen LogP contribution in [0.1, 0.15) is 11.1 Å². The minimum absolute atomic E-state index is 0.599. The van der Waals surface area contributed by atoms with Gasteiger partial charge in [0.2, 0.25) is 11.6 Å². The molecule has 0 aliphatic heterocycles. The molecule has 3 aromatic rings. The van der Waals surface area contributed by atoms with Crippen LogP contribution in [-0.4, -0.2) is 9.97 Å². The summed E-state index contributed by atoms with van der Waals surface area (Å²) < 4.78 is 5.67. The van der Waals surface area contributed by atoms with Crippen molar-refractivity contribution < 1.29 is 4.42 Å². The van der Waals surface area contributed by atoms with Gasteiger partial charge in [0.25, 0.3) is 0 Å². The monoisotopic (exact) mass is 224 g/mol. The summed E-state index contributed by atoms with van der Waals surface area (Å²) in [6.45, 7) is 4.06. The summed E-state index contributed by atoms with van der Waals surface area (Å²) in [6.07, 6.45) is 1.74. The number of fused-ring (bicyclic) bond motifs is 1. The summed E-state index contributed by atoms with van der Waals surface area (Å²) in [6, 6.07) is 10.0. The summed E-state index contributed by atoms with van der Waals surface area (Å²) >= 11 is 0. The van der Waals surface area contributed by atoms with E-state index in [1.807, 2.05) is 25.1 Å². The van der Waals surface area contributed by atoms with Crippen LogP contribution >= 0.6 is 0 Å². The van der Waals surface area contributed by atoms with E-state index in [1.165, 1.54) is 5.56 Å². The molecule has 0 saturated heterocycles. The predicted octanol–water partition coefficient (Wildman–Crippen LogP) is 3.51. The Morgan fingerprint density at radius 3 is 2.76 bits per heavy atom. The maximum absolute atomic E-state index is 5.67. The fourth-order valence-corrected chi connectivity index (χ4v) is 1.85. The zero-order chi connectivity index (χ0) is 11.8. The highest BCUT2D eigenvalue weighted by Gasteiger charge is 2.10. The third-order valence-electron chi connectivity index (χ3n) is 2.76. The normalized spacial score (nSPS) is 10.9. The fraction of sp³-hybridized carbons (Fsp3) is 0.143. The minimum Gasteiger partial charge on any atom is -0.418 e. The van der Waals surface area contributed by atoms with Gasteiger partial charge in [-0.25, -0.2) is 9.97 Å². The quantitative estimate of drug-likeness (QED) is 0.635. The van der Waals surface area contributed by atoms with Gasteiger partial charge in [0.15, 0.2) is 0 Å². The molecule has 17 heavy (non-hydrogen) atoms. The van der Waals surface area contributed by atoms with Crippen LogP contribution in [0.15, 0.2) is 40.9 Å². The second kappa shape index (κ2) is 3.70. The van der Waals surface area contributed by atoms with Gasteiger partial charge in [0, 0.05) is 11.8 Å². The number of pyridine rings is 1. The fourth-order valence-electron chi connectivity index (χ4n) is 1.85. The van der Waals surface area contributed by atoms with Crippen LogP contribution in [-0.2, 0) is 0 Å². The van der Waals surface area contributed by atoms with Crippen LogP contribution in [0.3, 0.4) is 0 Å². The number of oxazole rings is 1. The number of nitrogens with zero attached hydrogens (tertiary/aromatic N) is 2. The molecule has 0 fully saturated rings. The van der Waals surface area contributed by atoms with E-state index < -0.39 is 0 Å².